The maximum Gasteiger partial charge on any atom is 0.290 e. The van der Waals surface area contributed by atoms with Crippen molar-refractivity contribution in [1.29, 1.82) is 0 Å². The first-order valence-electron chi connectivity index (χ1n) is 7.89. The molecule has 0 saturated heterocycles. The van der Waals surface area contributed by atoms with Gasteiger partial charge in [0.25, 0.3) is 6.47 Å². The molecule has 2 fully saturated rings. The van der Waals surface area contributed by atoms with Gasteiger partial charge in [-0.15, -0.1) is 10.2 Å². The molecule has 4 atom stereocenters. The van der Waals surface area contributed by atoms with E-state index in [2.05, 4.69) is 10.2 Å². The average molecular weight is 324 g/mol. The van der Waals surface area contributed by atoms with Crippen molar-refractivity contribution < 1.29 is 19.8 Å². The molecule has 0 spiro atoms. The van der Waals surface area contributed by atoms with Gasteiger partial charge in [0, 0.05) is 26.1 Å². The van der Waals surface area contributed by atoms with Gasteiger partial charge in [-0.1, -0.05) is 0 Å². The number of amides is 1. The molecule has 8 heteroatoms. The van der Waals surface area contributed by atoms with Crippen LogP contribution in [0.1, 0.15) is 32.1 Å². The summed E-state index contributed by atoms with van der Waals surface area (Å²) in [6.07, 6.45) is 7.59. The molecule has 0 aliphatic heterocycles. The molecule has 1 heterocycles. The minimum atomic E-state index is -0.250. The molecule has 0 bridgehead atoms. The topological polar surface area (TPSA) is 109 Å². The maximum atomic E-state index is 12.2. The van der Waals surface area contributed by atoms with Crippen LogP contribution in [0.4, 0.5) is 0 Å². The number of aliphatic hydroxyl groups is 1. The summed E-state index contributed by atoms with van der Waals surface area (Å²) in [4.78, 5) is 22.5. The lowest BCUT2D eigenvalue weighted by Crippen LogP contribution is -2.36. The van der Waals surface area contributed by atoms with E-state index in [1.165, 1.54) is 0 Å². The SMILES string of the molecule is CN(C(=O)CCn1cnnc1)C1C[C@H]2CC(O)C[C@H]2C1.O=CO. The highest BCUT2D eigenvalue weighted by Gasteiger charge is 2.42. The van der Waals surface area contributed by atoms with Crippen molar-refractivity contribution in [3.05, 3.63) is 12.7 Å². The number of rotatable bonds is 4. The molecule has 23 heavy (non-hydrogen) atoms. The van der Waals surface area contributed by atoms with E-state index in [4.69, 9.17) is 9.90 Å². The summed E-state index contributed by atoms with van der Waals surface area (Å²) >= 11 is 0. The van der Waals surface area contributed by atoms with Gasteiger partial charge in [0.15, 0.2) is 0 Å². The molecule has 2 N–H and O–H groups in total. The summed E-state index contributed by atoms with van der Waals surface area (Å²) in [5, 5.41) is 24.0. The highest BCUT2D eigenvalue weighted by Crippen LogP contribution is 2.45. The number of hydrogen-bond donors (Lipinski definition) is 2. The van der Waals surface area contributed by atoms with Crippen LogP contribution >= 0.6 is 0 Å². The van der Waals surface area contributed by atoms with Gasteiger partial charge in [-0.3, -0.25) is 9.59 Å². The summed E-state index contributed by atoms with van der Waals surface area (Å²) < 4.78 is 1.82. The fourth-order valence-electron chi connectivity index (χ4n) is 3.81. The van der Waals surface area contributed by atoms with Crippen LogP contribution in [0.2, 0.25) is 0 Å². The highest BCUT2D eigenvalue weighted by atomic mass is 16.3. The number of aromatic nitrogens is 3. The number of nitrogens with zero attached hydrogens (tertiary/aromatic N) is 4. The summed E-state index contributed by atoms with van der Waals surface area (Å²) in [5.41, 5.74) is 0. The van der Waals surface area contributed by atoms with E-state index in [1.54, 1.807) is 12.7 Å². The number of aliphatic hydroxyl groups excluding tert-OH is 1. The third kappa shape index (κ3) is 4.51. The molecular formula is C15H24N4O4. The normalized spacial score (nSPS) is 28.6. The van der Waals surface area contributed by atoms with Crippen LogP contribution in [0.15, 0.2) is 12.7 Å². The van der Waals surface area contributed by atoms with E-state index in [-0.39, 0.29) is 18.5 Å². The molecule has 1 aromatic heterocycles. The Morgan fingerprint density at radius 1 is 1.26 bits per heavy atom. The number of hydrogen-bond acceptors (Lipinski definition) is 5. The zero-order chi connectivity index (χ0) is 16.8. The zero-order valence-corrected chi connectivity index (χ0v) is 13.3. The molecule has 2 aliphatic rings. The van der Waals surface area contributed by atoms with Gasteiger partial charge >= 0.3 is 0 Å². The van der Waals surface area contributed by atoms with Gasteiger partial charge in [0.05, 0.1) is 6.10 Å². The molecule has 0 radical (unpaired) electrons. The highest BCUT2D eigenvalue weighted by molar-refractivity contribution is 5.76. The molecule has 2 saturated carbocycles. The summed E-state index contributed by atoms with van der Waals surface area (Å²) in [5.74, 6) is 1.41. The fourth-order valence-corrected chi connectivity index (χ4v) is 3.81. The predicted molar refractivity (Wildman–Crippen MR) is 81.3 cm³/mol. The number of carbonyl (C=O) groups excluding carboxylic acids is 1. The standard InChI is InChI=1S/C14H22N4O2.CH2O2/c1-17(14(20)2-3-18-8-15-16-9-18)12-4-10-6-13(19)7-11(10)5-12;2-1-3/h8-13,19H,2-7H2,1H3;1H,(H,2,3)/t10-,11+,12?,13?;. The Kier molecular flexibility index (Phi) is 6.09. The van der Waals surface area contributed by atoms with Gasteiger partial charge < -0.3 is 19.7 Å². The second kappa shape index (κ2) is 8.05. The van der Waals surface area contributed by atoms with Crippen molar-refractivity contribution in [2.45, 2.75) is 50.8 Å². The van der Waals surface area contributed by atoms with Crippen LogP contribution in [0.5, 0.6) is 0 Å². The third-order valence-corrected chi connectivity index (χ3v) is 4.96. The van der Waals surface area contributed by atoms with E-state index in [1.807, 2.05) is 16.5 Å². The molecule has 2 aliphatic carbocycles. The first-order valence-corrected chi connectivity index (χ1v) is 7.89. The first-order chi connectivity index (χ1) is 11.0. The number of aryl methyl sites for hydroxylation is 1. The van der Waals surface area contributed by atoms with Crippen molar-refractivity contribution in [1.82, 2.24) is 19.7 Å². The van der Waals surface area contributed by atoms with Crippen molar-refractivity contribution in [3.8, 4) is 0 Å². The largest absolute Gasteiger partial charge is 0.483 e. The summed E-state index contributed by atoms with van der Waals surface area (Å²) in [6, 6.07) is 0.353. The Hall–Kier alpha value is -1.96. The van der Waals surface area contributed by atoms with E-state index >= 15 is 0 Å². The summed E-state index contributed by atoms with van der Waals surface area (Å²) in [6.45, 7) is 0.383. The van der Waals surface area contributed by atoms with Gasteiger partial charge in [0.1, 0.15) is 12.7 Å². The Bertz CT molecular complexity index is 494. The number of carbonyl (C=O) groups is 2. The molecule has 3 rings (SSSR count). The van der Waals surface area contributed by atoms with Gasteiger partial charge in [0.2, 0.25) is 5.91 Å². The van der Waals surface area contributed by atoms with Crippen LogP contribution in [0, 0.1) is 11.8 Å². The van der Waals surface area contributed by atoms with Crippen molar-refractivity contribution in [3.63, 3.8) is 0 Å². The molecular weight excluding hydrogens is 300 g/mol. The second-order valence-electron chi connectivity index (χ2n) is 6.33. The minimum absolute atomic E-state index is 0.110. The Balaban J connectivity index is 0.000000595. The lowest BCUT2D eigenvalue weighted by molar-refractivity contribution is -0.132. The molecule has 2 unspecified atom stereocenters. The fraction of sp³-hybridized carbons (Fsp3) is 0.733. The maximum absolute atomic E-state index is 12.2. The second-order valence-corrected chi connectivity index (χ2v) is 6.33. The van der Waals surface area contributed by atoms with Gasteiger partial charge in [-0.2, -0.15) is 0 Å². The molecule has 128 valence electrons. The van der Waals surface area contributed by atoms with E-state index in [0.29, 0.717) is 30.8 Å². The molecule has 1 amide bonds. The number of fused-ring (bicyclic) bond motifs is 1. The van der Waals surface area contributed by atoms with Crippen LogP contribution in [0.3, 0.4) is 0 Å². The smallest absolute Gasteiger partial charge is 0.290 e. The monoisotopic (exact) mass is 324 g/mol. The average Bonchev–Trinajstić information content (AvgIpc) is 3.20. The van der Waals surface area contributed by atoms with E-state index in [0.717, 1.165) is 25.7 Å². The Morgan fingerprint density at radius 3 is 2.30 bits per heavy atom. The molecule has 1 aromatic rings. The van der Waals surface area contributed by atoms with Crippen LogP contribution in [-0.4, -0.2) is 61.5 Å². The van der Waals surface area contributed by atoms with Crippen LogP contribution in [-0.2, 0) is 16.1 Å². The molecule has 8 nitrogen and oxygen atoms in total. The summed E-state index contributed by atoms with van der Waals surface area (Å²) in [7, 11) is 1.91. The minimum Gasteiger partial charge on any atom is -0.483 e. The Labute approximate surface area is 135 Å². The zero-order valence-electron chi connectivity index (χ0n) is 13.3. The van der Waals surface area contributed by atoms with Gasteiger partial charge in [-0.25, -0.2) is 0 Å². The van der Waals surface area contributed by atoms with E-state index in [9.17, 15) is 9.90 Å². The molecule has 0 aromatic carbocycles. The van der Waals surface area contributed by atoms with Crippen molar-refractivity contribution >= 4 is 12.4 Å². The predicted octanol–water partition coefficient (Wildman–Crippen LogP) is 0.377. The quantitative estimate of drug-likeness (QED) is 0.775. The van der Waals surface area contributed by atoms with Crippen molar-refractivity contribution in [2.75, 3.05) is 7.05 Å². The van der Waals surface area contributed by atoms with Crippen LogP contribution in [0.25, 0.3) is 0 Å². The van der Waals surface area contributed by atoms with Crippen LogP contribution < -0.4 is 0 Å². The Morgan fingerprint density at radius 2 is 1.78 bits per heavy atom. The number of carboxylic acid groups (broad SMARTS) is 1. The lowest BCUT2D eigenvalue weighted by Gasteiger charge is -2.25. The van der Waals surface area contributed by atoms with Gasteiger partial charge in [-0.05, 0) is 37.5 Å². The van der Waals surface area contributed by atoms with E-state index < -0.39 is 0 Å². The third-order valence-electron chi connectivity index (χ3n) is 4.96. The lowest BCUT2D eigenvalue weighted by atomic mass is 10.0. The first kappa shape index (κ1) is 17.4. The van der Waals surface area contributed by atoms with Crippen molar-refractivity contribution in [2.24, 2.45) is 11.8 Å².